The first kappa shape index (κ1) is 15.1. The van der Waals surface area contributed by atoms with Crippen molar-refractivity contribution in [2.45, 2.75) is 52.0 Å². The Morgan fingerprint density at radius 2 is 1.95 bits per heavy atom. The summed E-state index contributed by atoms with van der Waals surface area (Å²) in [4.78, 5) is 30.6. The fraction of sp³-hybridized carbons (Fsp3) is 0.688. The Kier molecular flexibility index (Phi) is 4.18. The predicted molar refractivity (Wildman–Crippen MR) is 80.4 cm³/mol. The van der Waals surface area contributed by atoms with E-state index in [4.69, 9.17) is 4.42 Å². The van der Waals surface area contributed by atoms with Gasteiger partial charge in [-0.15, -0.1) is 0 Å². The maximum Gasteiger partial charge on any atom is 0.289 e. The molecular formula is C16H23N3O3. The van der Waals surface area contributed by atoms with Gasteiger partial charge >= 0.3 is 0 Å². The monoisotopic (exact) mass is 305 g/mol. The number of hydrogen-bond donors (Lipinski definition) is 1. The second kappa shape index (κ2) is 6.10. The summed E-state index contributed by atoms with van der Waals surface area (Å²) < 4.78 is 5.34. The lowest BCUT2D eigenvalue weighted by molar-refractivity contribution is -0.134. The highest BCUT2D eigenvalue weighted by Crippen LogP contribution is 2.27. The second-order valence-corrected chi connectivity index (χ2v) is 6.37. The van der Waals surface area contributed by atoms with E-state index >= 15 is 0 Å². The van der Waals surface area contributed by atoms with Crippen LogP contribution >= 0.6 is 0 Å². The quantitative estimate of drug-likeness (QED) is 0.924. The average Bonchev–Trinajstić information content (AvgIpc) is 3.19. The number of nitrogens with zero attached hydrogens (tertiary/aromatic N) is 2. The summed E-state index contributed by atoms with van der Waals surface area (Å²) in [5.41, 5.74) is 0.604. The van der Waals surface area contributed by atoms with E-state index < -0.39 is 0 Å². The summed E-state index contributed by atoms with van der Waals surface area (Å²) >= 11 is 0. The van der Waals surface area contributed by atoms with Crippen molar-refractivity contribution in [3.63, 3.8) is 0 Å². The van der Waals surface area contributed by atoms with E-state index in [1.54, 1.807) is 13.8 Å². The van der Waals surface area contributed by atoms with Gasteiger partial charge in [0.1, 0.15) is 0 Å². The smallest absolute Gasteiger partial charge is 0.289 e. The Morgan fingerprint density at radius 3 is 2.59 bits per heavy atom. The van der Waals surface area contributed by atoms with Crippen LogP contribution < -0.4 is 5.32 Å². The normalized spacial score (nSPS) is 22.3. The molecule has 1 saturated carbocycles. The number of nitrogens with one attached hydrogen (secondary N) is 1. The van der Waals surface area contributed by atoms with Gasteiger partial charge in [0.15, 0.2) is 5.89 Å². The summed E-state index contributed by atoms with van der Waals surface area (Å²) in [7, 11) is 0. The summed E-state index contributed by atoms with van der Waals surface area (Å²) in [6.45, 7) is 4.82. The minimum absolute atomic E-state index is 0.00246. The molecule has 1 aliphatic carbocycles. The van der Waals surface area contributed by atoms with Gasteiger partial charge < -0.3 is 14.6 Å². The van der Waals surface area contributed by atoms with Crippen molar-refractivity contribution in [3.8, 4) is 0 Å². The number of aryl methyl sites for hydroxylation is 2. The minimum Gasteiger partial charge on any atom is -0.436 e. The van der Waals surface area contributed by atoms with E-state index in [1.807, 2.05) is 4.90 Å². The molecule has 1 saturated heterocycles. The minimum atomic E-state index is -0.238. The summed E-state index contributed by atoms with van der Waals surface area (Å²) in [6, 6.07) is 0.00246. The zero-order valence-electron chi connectivity index (χ0n) is 13.2. The van der Waals surface area contributed by atoms with E-state index in [-0.39, 0.29) is 29.5 Å². The van der Waals surface area contributed by atoms with Crippen LogP contribution in [0.1, 0.15) is 54.2 Å². The number of carbonyl (C=O) groups excluding carboxylic acids is 2. The van der Waals surface area contributed by atoms with Crippen LogP contribution in [-0.2, 0) is 4.79 Å². The fourth-order valence-corrected chi connectivity index (χ4v) is 3.50. The maximum atomic E-state index is 12.4. The van der Waals surface area contributed by atoms with Crippen molar-refractivity contribution >= 4 is 11.8 Å². The van der Waals surface area contributed by atoms with Crippen LogP contribution in [0.2, 0.25) is 0 Å². The van der Waals surface area contributed by atoms with Crippen LogP contribution in [0.3, 0.4) is 0 Å². The third kappa shape index (κ3) is 3.00. The molecule has 0 aromatic carbocycles. The van der Waals surface area contributed by atoms with E-state index in [0.717, 1.165) is 38.6 Å². The van der Waals surface area contributed by atoms with Crippen molar-refractivity contribution in [1.82, 2.24) is 15.2 Å². The number of carbonyl (C=O) groups is 2. The molecule has 1 N–H and O–H groups in total. The molecule has 0 radical (unpaired) electrons. The molecular weight excluding hydrogens is 282 g/mol. The summed E-state index contributed by atoms with van der Waals surface area (Å²) in [5.74, 6) is 0.998. The first-order valence-electron chi connectivity index (χ1n) is 8.08. The van der Waals surface area contributed by atoms with E-state index in [1.165, 1.54) is 0 Å². The lowest BCUT2D eigenvalue weighted by Gasteiger charge is -2.20. The van der Waals surface area contributed by atoms with Crippen LogP contribution in [0.4, 0.5) is 0 Å². The molecule has 2 fully saturated rings. The third-order valence-corrected chi connectivity index (χ3v) is 4.65. The number of aromatic nitrogens is 1. The van der Waals surface area contributed by atoms with Gasteiger partial charge in [-0.25, -0.2) is 4.98 Å². The SMILES string of the molecule is Cc1nc(C)c(C(=O)NC2CCN(C(=O)C3CCCC3)C2)o1. The van der Waals surface area contributed by atoms with Gasteiger partial charge in [-0.2, -0.15) is 0 Å². The Hall–Kier alpha value is -1.85. The van der Waals surface area contributed by atoms with Gasteiger partial charge in [-0.1, -0.05) is 12.8 Å². The molecule has 2 heterocycles. The zero-order chi connectivity index (χ0) is 15.7. The van der Waals surface area contributed by atoms with Crippen molar-refractivity contribution in [2.75, 3.05) is 13.1 Å². The molecule has 22 heavy (non-hydrogen) atoms. The van der Waals surface area contributed by atoms with E-state index in [0.29, 0.717) is 18.1 Å². The number of oxazole rings is 1. The zero-order valence-corrected chi connectivity index (χ0v) is 13.2. The molecule has 1 unspecified atom stereocenters. The van der Waals surface area contributed by atoms with Crippen molar-refractivity contribution < 1.29 is 14.0 Å². The molecule has 120 valence electrons. The van der Waals surface area contributed by atoms with Crippen LogP contribution in [0.15, 0.2) is 4.42 Å². The molecule has 2 amide bonds. The summed E-state index contributed by atoms with van der Waals surface area (Å²) in [6.07, 6.45) is 5.16. The molecule has 1 aliphatic heterocycles. The number of rotatable bonds is 3. The third-order valence-electron chi connectivity index (χ3n) is 4.65. The van der Waals surface area contributed by atoms with Crippen molar-refractivity contribution in [3.05, 3.63) is 17.3 Å². The van der Waals surface area contributed by atoms with Crippen LogP contribution in [-0.4, -0.2) is 40.8 Å². The van der Waals surface area contributed by atoms with Gasteiger partial charge in [-0.3, -0.25) is 9.59 Å². The van der Waals surface area contributed by atoms with E-state index in [2.05, 4.69) is 10.3 Å². The number of hydrogen-bond acceptors (Lipinski definition) is 4. The molecule has 6 nitrogen and oxygen atoms in total. The van der Waals surface area contributed by atoms with Crippen LogP contribution in [0, 0.1) is 19.8 Å². The number of amides is 2. The Balaban J connectivity index is 1.55. The molecule has 0 bridgehead atoms. The molecule has 1 aromatic heterocycles. The average molecular weight is 305 g/mol. The van der Waals surface area contributed by atoms with Crippen molar-refractivity contribution in [1.29, 1.82) is 0 Å². The number of likely N-dealkylation sites (tertiary alicyclic amines) is 1. The molecule has 0 spiro atoms. The lowest BCUT2D eigenvalue weighted by Crippen LogP contribution is -2.39. The first-order chi connectivity index (χ1) is 10.5. The van der Waals surface area contributed by atoms with Crippen molar-refractivity contribution in [2.24, 2.45) is 5.92 Å². The fourth-order valence-electron chi connectivity index (χ4n) is 3.50. The van der Waals surface area contributed by atoms with Gasteiger partial charge in [0, 0.05) is 32.0 Å². The van der Waals surface area contributed by atoms with Gasteiger partial charge in [0.25, 0.3) is 5.91 Å². The Bertz CT molecular complexity index is 575. The van der Waals surface area contributed by atoms with Crippen LogP contribution in [0.25, 0.3) is 0 Å². The highest BCUT2D eigenvalue weighted by molar-refractivity contribution is 5.92. The molecule has 3 rings (SSSR count). The Labute approximate surface area is 130 Å². The maximum absolute atomic E-state index is 12.4. The van der Waals surface area contributed by atoms with Gasteiger partial charge in [0.2, 0.25) is 11.7 Å². The first-order valence-corrected chi connectivity index (χ1v) is 8.08. The molecule has 2 aliphatic rings. The van der Waals surface area contributed by atoms with Gasteiger partial charge in [0.05, 0.1) is 5.69 Å². The lowest BCUT2D eigenvalue weighted by atomic mass is 10.1. The van der Waals surface area contributed by atoms with E-state index in [9.17, 15) is 9.59 Å². The second-order valence-electron chi connectivity index (χ2n) is 6.37. The molecule has 1 aromatic rings. The topological polar surface area (TPSA) is 75.4 Å². The van der Waals surface area contributed by atoms with Crippen LogP contribution in [0.5, 0.6) is 0 Å². The highest BCUT2D eigenvalue weighted by atomic mass is 16.4. The molecule has 1 atom stereocenters. The largest absolute Gasteiger partial charge is 0.436 e. The Morgan fingerprint density at radius 1 is 1.23 bits per heavy atom. The highest BCUT2D eigenvalue weighted by Gasteiger charge is 2.33. The standard InChI is InChI=1S/C16H23N3O3/c1-10-14(22-11(2)17-10)15(20)18-13-7-8-19(9-13)16(21)12-5-3-4-6-12/h12-13H,3-9H2,1-2H3,(H,18,20). The molecule has 6 heteroatoms. The van der Waals surface area contributed by atoms with Gasteiger partial charge in [-0.05, 0) is 26.2 Å². The predicted octanol–water partition coefficient (Wildman–Crippen LogP) is 1.81. The summed E-state index contributed by atoms with van der Waals surface area (Å²) in [5, 5.41) is 2.96.